The van der Waals surface area contributed by atoms with Crippen molar-refractivity contribution in [3.05, 3.63) is 30.1 Å². The molecule has 0 radical (unpaired) electrons. The Kier molecular flexibility index (Phi) is 5.28. The number of nitrogens with two attached hydrogens (primary N) is 1. The molecule has 1 unspecified atom stereocenters. The van der Waals surface area contributed by atoms with Crippen LogP contribution in [0.15, 0.2) is 29.2 Å². The molecule has 5 heteroatoms. The first-order valence-electron chi connectivity index (χ1n) is 5.10. The Bertz CT molecular complexity index is 360. The lowest BCUT2D eigenvalue weighted by molar-refractivity contribution is -0.120. The van der Waals surface area contributed by atoms with Gasteiger partial charge in [0.15, 0.2) is 0 Å². The van der Waals surface area contributed by atoms with Gasteiger partial charge >= 0.3 is 0 Å². The Balaban J connectivity index is 2.71. The van der Waals surface area contributed by atoms with E-state index in [9.17, 15) is 9.18 Å². The molecule has 0 fully saturated rings. The highest BCUT2D eigenvalue weighted by atomic mass is 32.2. The third-order valence-corrected chi connectivity index (χ3v) is 3.32. The molecule has 1 amide bonds. The van der Waals surface area contributed by atoms with Gasteiger partial charge in [0.05, 0.1) is 5.25 Å². The summed E-state index contributed by atoms with van der Waals surface area (Å²) in [6.07, 6.45) is 1.59. The zero-order chi connectivity index (χ0) is 12.0. The van der Waals surface area contributed by atoms with Gasteiger partial charge in [0.1, 0.15) is 5.82 Å². The first-order valence-corrected chi connectivity index (χ1v) is 5.98. The maximum absolute atomic E-state index is 12.9. The number of carbonyl (C=O) groups is 1. The van der Waals surface area contributed by atoms with E-state index in [1.54, 1.807) is 12.1 Å². The van der Waals surface area contributed by atoms with Crippen LogP contribution in [0.4, 0.5) is 4.39 Å². The highest BCUT2D eigenvalue weighted by molar-refractivity contribution is 8.00. The molecule has 1 aromatic rings. The van der Waals surface area contributed by atoms with E-state index in [0.717, 1.165) is 11.3 Å². The Labute approximate surface area is 98.6 Å². The SMILES string of the molecule is CCCC(Sc1cccc(F)c1)C(=O)NN. The van der Waals surface area contributed by atoms with E-state index in [1.165, 1.54) is 23.9 Å². The minimum absolute atomic E-state index is 0.226. The molecule has 0 heterocycles. The van der Waals surface area contributed by atoms with Crippen LogP contribution in [0.5, 0.6) is 0 Å². The van der Waals surface area contributed by atoms with E-state index in [0.29, 0.717) is 6.42 Å². The first kappa shape index (κ1) is 13.0. The molecule has 0 bridgehead atoms. The zero-order valence-electron chi connectivity index (χ0n) is 9.07. The van der Waals surface area contributed by atoms with Crippen LogP contribution in [0.3, 0.4) is 0 Å². The molecular formula is C11H15FN2OS. The molecule has 16 heavy (non-hydrogen) atoms. The molecular weight excluding hydrogens is 227 g/mol. The number of carbonyl (C=O) groups excluding carboxylic acids is 1. The quantitative estimate of drug-likeness (QED) is 0.360. The molecule has 0 aliphatic heterocycles. The van der Waals surface area contributed by atoms with E-state index in [1.807, 2.05) is 6.92 Å². The zero-order valence-corrected chi connectivity index (χ0v) is 9.89. The van der Waals surface area contributed by atoms with Gasteiger partial charge < -0.3 is 0 Å². The van der Waals surface area contributed by atoms with Gasteiger partial charge in [0.2, 0.25) is 5.91 Å². The van der Waals surface area contributed by atoms with Gasteiger partial charge in [-0.1, -0.05) is 19.4 Å². The topological polar surface area (TPSA) is 55.1 Å². The van der Waals surface area contributed by atoms with E-state index >= 15 is 0 Å². The lowest BCUT2D eigenvalue weighted by Gasteiger charge is -2.13. The van der Waals surface area contributed by atoms with Crippen molar-refractivity contribution in [2.45, 2.75) is 29.9 Å². The van der Waals surface area contributed by atoms with Crippen molar-refractivity contribution in [3.63, 3.8) is 0 Å². The summed E-state index contributed by atoms with van der Waals surface area (Å²) < 4.78 is 12.9. The highest BCUT2D eigenvalue weighted by Crippen LogP contribution is 2.26. The first-order chi connectivity index (χ1) is 7.67. The Morgan fingerprint density at radius 2 is 2.38 bits per heavy atom. The van der Waals surface area contributed by atoms with Crippen molar-refractivity contribution < 1.29 is 9.18 Å². The number of hydrazine groups is 1. The average molecular weight is 242 g/mol. The van der Waals surface area contributed by atoms with E-state index in [2.05, 4.69) is 5.43 Å². The van der Waals surface area contributed by atoms with Gasteiger partial charge in [-0.15, -0.1) is 11.8 Å². The fourth-order valence-corrected chi connectivity index (χ4v) is 2.50. The van der Waals surface area contributed by atoms with Crippen LogP contribution >= 0.6 is 11.8 Å². The average Bonchev–Trinajstić information content (AvgIpc) is 2.27. The van der Waals surface area contributed by atoms with Crippen molar-refractivity contribution in [2.24, 2.45) is 5.84 Å². The summed E-state index contributed by atoms with van der Waals surface area (Å²) in [7, 11) is 0. The van der Waals surface area contributed by atoms with Crippen molar-refractivity contribution in [2.75, 3.05) is 0 Å². The van der Waals surface area contributed by atoms with Gasteiger partial charge in [-0.2, -0.15) is 0 Å². The van der Waals surface area contributed by atoms with Gasteiger partial charge in [-0.05, 0) is 24.6 Å². The van der Waals surface area contributed by atoms with Crippen molar-refractivity contribution in [1.29, 1.82) is 0 Å². The summed E-state index contributed by atoms with van der Waals surface area (Å²) in [5.74, 6) is 4.58. The molecule has 3 nitrogen and oxygen atoms in total. The van der Waals surface area contributed by atoms with Gasteiger partial charge in [-0.3, -0.25) is 10.2 Å². The summed E-state index contributed by atoms with van der Waals surface area (Å²) in [6.45, 7) is 1.99. The van der Waals surface area contributed by atoms with Gasteiger partial charge in [0, 0.05) is 4.90 Å². The monoisotopic (exact) mass is 242 g/mol. The smallest absolute Gasteiger partial charge is 0.247 e. The third kappa shape index (κ3) is 3.83. The van der Waals surface area contributed by atoms with Crippen molar-refractivity contribution in [3.8, 4) is 0 Å². The van der Waals surface area contributed by atoms with E-state index in [4.69, 9.17) is 5.84 Å². The molecule has 0 spiro atoms. The van der Waals surface area contributed by atoms with Crippen LogP contribution < -0.4 is 11.3 Å². The molecule has 0 aliphatic rings. The predicted octanol–water partition coefficient (Wildman–Crippen LogP) is 2.08. The number of benzene rings is 1. The lowest BCUT2D eigenvalue weighted by atomic mass is 10.2. The largest absolute Gasteiger partial charge is 0.293 e. The summed E-state index contributed by atoms with van der Waals surface area (Å²) in [5.41, 5.74) is 2.13. The van der Waals surface area contributed by atoms with Crippen LogP contribution in [-0.2, 0) is 4.79 Å². The third-order valence-electron chi connectivity index (χ3n) is 2.06. The summed E-state index contributed by atoms with van der Waals surface area (Å²) in [4.78, 5) is 12.2. The minimum atomic E-state index is -0.298. The second kappa shape index (κ2) is 6.50. The van der Waals surface area contributed by atoms with Crippen molar-refractivity contribution in [1.82, 2.24) is 5.43 Å². The van der Waals surface area contributed by atoms with E-state index < -0.39 is 0 Å². The molecule has 1 atom stereocenters. The Morgan fingerprint density at radius 3 is 2.94 bits per heavy atom. The van der Waals surface area contributed by atoms with Crippen LogP contribution in [0.25, 0.3) is 0 Å². The van der Waals surface area contributed by atoms with Gasteiger partial charge in [-0.25, -0.2) is 10.2 Å². The van der Waals surface area contributed by atoms with Crippen LogP contribution in [-0.4, -0.2) is 11.2 Å². The minimum Gasteiger partial charge on any atom is -0.293 e. The molecule has 1 rings (SSSR count). The van der Waals surface area contributed by atoms with Crippen molar-refractivity contribution >= 4 is 17.7 Å². The lowest BCUT2D eigenvalue weighted by Crippen LogP contribution is -2.37. The molecule has 3 N–H and O–H groups in total. The van der Waals surface area contributed by atoms with Gasteiger partial charge in [0.25, 0.3) is 0 Å². The fraction of sp³-hybridized carbons (Fsp3) is 0.364. The summed E-state index contributed by atoms with van der Waals surface area (Å²) in [5, 5.41) is -0.267. The second-order valence-corrected chi connectivity index (χ2v) is 4.64. The molecule has 0 aliphatic carbocycles. The van der Waals surface area contributed by atoms with E-state index in [-0.39, 0.29) is 17.0 Å². The molecule has 0 saturated heterocycles. The van der Waals surface area contributed by atoms with Crippen LogP contribution in [0.1, 0.15) is 19.8 Å². The summed E-state index contributed by atoms with van der Waals surface area (Å²) >= 11 is 1.33. The fourth-order valence-electron chi connectivity index (χ4n) is 1.30. The second-order valence-electron chi connectivity index (χ2n) is 3.36. The number of rotatable bonds is 5. The number of amides is 1. The standard InChI is InChI=1S/C11H15FN2OS/c1-2-4-10(11(15)14-13)16-9-6-3-5-8(12)7-9/h3,5-7,10H,2,4,13H2,1H3,(H,14,15). The number of halogens is 1. The number of nitrogens with one attached hydrogen (secondary N) is 1. The van der Waals surface area contributed by atoms with Crippen LogP contribution in [0, 0.1) is 5.82 Å². The summed E-state index contributed by atoms with van der Waals surface area (Å²) in [6, 6.07) is 6.19. The molecule has 1 aromatic carbocycles. The number of thioether (sulfide) groups is 1. The Hall–Kier alpha value is -1.07. The maximum Gasteiger partial charge on any atom is 0.247 e. The Morgan fingerprint density at radius 1 is 1.62 bits per heavy atom. The molecule has 0 aromatic heterocycles. The highest BCUT2D eigenvalue weighted by Gasteiger charge is 2.17. The number of hydrogen-bond acceptors (Lipinski definition) is 3. The number of hydrogen-bond donors (Lipinski definition) is 2. The maximum atomic E-state index is 12.9. The predicted molar refractivity (Wildman–Crippen MR) is 63.3 cm³/mol. The molecule has 0 saturated carbocycles. The normalized spacial score (nSPS) is 12.2. The van der Waals surface area contributed by atoms with Crippen LogP contribution in [0.2, 0.25) is 0 Å². The molecule has 88 valence electrons.